The Morgan fingerprint density at radius 2 is 2.00 bits per heavy atom. The molecule has 0 atom stereocenters. The fourth-order valence-corrected chi connectivity index (χ4v) is 4.70. The van der Waals surface area contributed by atoms with Gasteiger partial charge in [-0.1, -0.05) is 12.1 Å². The van der Waals surface area contributed by atoms with Gasteiger partial charge in [-0.3, -0.25) is 4.72 Å². The maximum absolute atomic E-state index is 12.8. The summed E-state index contributed by atoms with van der Waals surface area (Å²) in [6, 6.07) is 11.8. The van der Waals surface area contributed by atoms with Crippen molar-refractivity contribution in [2.45, 2.75) is 19.8 Å². The molecule has 1 amide bonds. The molecular formula is C23H23IN4O6S. The second kappa shape index (κ2) is 11.1. The third kappa shape index (κ3) is 6.71. The largest absolute Gasteiger partial charge is 0.422 e. The van der Waals surface area contributed by atoms with Gasteiger partial charge in [-0.05, 0) is 58.8 Å². The summed E-state index contributed by atoms with van der Waals surface area (Å²) in [6.07, 6.45) is -0.278. The Morgan fingerprint density at radius 1 is 1.26 bits per heavy atom. The standard InChI is InChI=1S/C23H23IN4O6S/c1-14-17-12-19(24)21(34-23(30)28(2)3)13-20(17)33-22(29)18(14)11-15-6-4-7-16(10-15)27-35(31,32)26-9-5-8-25/h4,6-7,10,12-13,26-27H,5,9,11H2,1-3H3. The number of hydrogen-bond acceptors (Lipinski definition) is 7. The number of nitriles is 1. The number of anilines is 1. The van der Waals surface area contributed by atoms with E-state index in [2.05, 4.69) is 9.44 Å². The van der Waals surface area contributed by atoms with Crippen LogP contribution in [0.4, 0.5) is 10.5 Å². The molecule has 1 aromatic heterocycles. The fourth-order valence-electron chi connectivity index (χ4n) is 3.24. The van der Waals surface area contributed by atoms with E-state index in [1.165, 1.54) is 11.0 Å². The first-order valence-corrected chi connectivity index (χ1v) is 12.9. The number of rotatable bonds is 8. The van der Waals surface area contributed by atoms with E-state index >= 15 is 0 Å². The van der Waals surface area contributed by atoms with Crippen molar-refractivity contribution in [3.63, 3.8) is 0 Å². The van der Waals surface area contributed by atoms with Crippen molar-refractivity contribution in [3.8, 4) is 11.8 Å². The molecule has 184 valence electrons. The summed E-state index contributed by atoms with van der Waals surface area (Å²) in [7, 11) is -0.701. The number of nitrogens with one attached hydrogen (secondary N) is 2. The number of ether oxygens (including phenoxy) is 1. The Labute approximate surface area is 216 Å². The number of carbonyl (C=O) groups excluding carboxylic acids is 1. The van der Waals surface area contributed by atoms with E-state index in [0.717, 1.165) is 0 Å². The maximum Gasteiger partial charge on any atom is 0.414 e. The molecule has 35 heavy (non-hydrogen) atoms. The number of amides is 1. The summed E-state index contributed by atoms with van der Waals surface area (Å²) in [5, 5.41) is 9.26. The van der Waals surface area contributed by atoms with Gasteiger partial charge in [0.1, 0.15) is 11.3 Å². The lowest BCUT2D eigenvalue weighted by atomic mass is 9.99. The van der Waals surface area contributed by atoms with Crippen LogP contribution in [0, 0.1) is 21.8 Å². The first-order valence-electron chi connectivity index (χ1n) is 10.4. The average molecular weight is 610 g/mol. The second-order valence-electron chi connectivity index (χ2n) is 7.82. The van der Waals surface area contributed by atoms with Crippen LogP contribution in [-0.4, -0.2) is 40.1 Å². The molecule has 0 bridgehead atoms. The molecule has 0 unspecified atom stereocenters. The van der Waals surface area contributed by atoms with Gasteiger partial charge in [-0.2, -0.15) is 18.4 Å². The molecule has 0 aliphatic heterocycles. The molecule has 12 heteroatoms. The Hall–Kier alpha value is -3.15. The molecule has 1 heterocycles. The van der Waals surface area contributed by atoms with Crippen LogP contribution in [0.25, 0.3) is 11.0 Å². The zero-order valence-electron chi connectivity index (χ0n) is 19.2. The molecule has 0 fully saturated rings. The summed E-state index contributed by atoms with van der Waals surface area (Å²) < 4.78 is 40.5. The Morgan fingerprint density at radius 3 is 2.69 bits per heavy atom. The Kier molecular flexibility index (Phi) is 8.36. The molecule has 0 saturated heterocycles. The van der Waals surface area contributed by atoms with Gasteiger partial charge in [0, 0.05) is 50.5 Å². The van der Waals surface area contributed by atoms with E-state index in [9.17, 15) is 18.0 Å². The third-order valence-electron chi connectivity index (χ3n) is 4.99. The smallest absolute Gasteiger partial charge is 0.414 e. The molecule has 10 nitrogen and oxygen atoms in total. The zero-order valence-corrected chi connectivity index (χ0v) is 22.2. The van der Waals surface area contributed by atoms with Crippen LogP contribution in [0.5, 0.6) is 5.75 Å². The molecule has 2 aromatic carbocycles. The Bertz CT molecular complexity index is 1480. The SMILES string of the molecule is Cc1c(Cc2cccc(NS(=O)(=O)NCCC#N)c2)c(=O)oc2cc(OC(=O)N(C)C)c(I)cc12. The normalized spacial score (nSPS) is 11.2. The lowest BCUT2D eigenvalue weighted by Crippen LogP contribution is -2.30. The molecule has 0 spiro atoms. The first-order chi connectivity index (χ1) is 16.5. The van der Waals surface area contributed by atoms with Gasteiger partial charge in [-0.25, -0.2) is 9.59 Å². The summed E-state index contributed by atoms with van der Waals surface area (Å²) in [6.45, 7) is 1.81. The Balaban J connectivity index is 1.90. The summed E-state index contributed by atoms with van der Waals surface area (Å²) >= 11 is 2.05. The highest BCUT2D eigenvalue weighted by Crippen LogP contribution is 2.30. The number of hydrogen-bond donors (Lipinski definition) is 2. The van der Waals surface area contributed by atoms with Gasteiger partial charge in [0.25, 0.3) is 10.2 Å². The maximum atomic E-state index is 12.8. The highest BCUT2D eigenvalue weighted by Gasteiger charge is 2.17. The minimum Gasteiger partial charge on any atom is -0.422 e. The van der Waals surface area contributed by atoms with Crippen molar-refractivity contribution >= 4 is 55.6 Å². The molecule has 3 aromatic rings. The van der Waals surface area contributed by atoms with Crippen LogP contribution in [0.3, 0.4) is 0 Å². The van der Waals surface area contributed by atoms with Crippen molar-refractivity contribution in [2.24, 2.45) is 0 Å². The van der Waals surface area contributed by atoms with E-state index in [1.54, 1.807) is 44.4 Å². The fraction of sp³-hybridized carbons (Fsp3) is 0.261. The van der Waals surface area contributed by atoms with E-state index in [0.29, 0.717) is 36.9 Å². The van der Waals surface area contributed by atoms with Gasteiger partial charge in [-0.15, -0.1) is 0 Å². The number of fused-ring (bicyclic) bond motifs is 1. The molecule has 3 rings (SSSR count). The summed E-state index contributed by atoms with van der Waals surface area (Å²) in [5.41, 5.74) is 1.91. The lowest BCUT2D eigenvalue weighted by molar-refractivity contribution is 0.171. The van der Waals surface area contributed by atoms with Crippen LogP contribution in [0.2, 0.25) is 0 Å². The monoisotopic (exact) mass is 610 g/mol. The molecule has 0 saturated carbocycles. The van der Waals surface area contributed by atoms with Crippen molar-refractivity contribution in [3.05, 3.63) is 67.1 Å². The predicted molar refractivity (Wildman–Crippen MR) is 140 cm³/mol. The predicted octanol–water partition coefficient (Wildman–Crippen LogP) is 3.52. The third-order valence-corrected chi connectivity index (χ3v) is 6.92. The van der Waals surface area contributed by atoms with Crippen molar-refractivity contribution < 1.29 is 22.4 Å². The zero-order chi connectivity index (χ0) is 25.8. The number of halogens is 1. The van der Waals surface area contributed by atoms with Crippen LogP contribution >= 0.6 is 22.6 Å². The van der Waals surface area contributed by atoms with E-state index in [1.807, 2.05) is 35.6 Å². The molecular weight excluding hydrogens is 587 g/mol. The highest BCUT2D eigenvalue weighted by atomic mass is 127. The van der Waals surface area contributed by atoms with E-state index in [-0.39, 0.29) is 25.1 Å². The lowest BCUT2D eigenvalue weighted by Gasteiger charge is -2.14. The van der Waals surface area contributed by atoms with Crippen LogP contribution in [0.1, 0.15) is 23.1 Å². The second-order valence-corrected chi connectivity index (χ2v) is 10.5. The number of carbonyl (C=O) groups is 1. The molecule has 0 aliphatic carbocycles. The summed E-state index contributed by atoms with van der Waals surface area (Å²) in [5.74, 6) is 0.287. The molecule has 2 N–H and O–H groups in total. The average Bonchev–Trinajstić information content (AvgIpc) is 2.78. The van der Waals surface area contributed by atoms with Gasteiger partial charge in [0.2, 0.25) is 0 Å². The van der Waals surface area contributed by atoms with E-state index in [4.69, 9.17) is 14.4 Å². The minimum absolute atomic E-state index is 0.00227. The van der Waals surface area contributed by atoms with Crippen molar-refractivity contribution in [1.82, 2.24) is 9.62 Å². The molecule has 0 aliphatic rings. The number of aryl methyl sites for hydroxylation is 1. The van der Waals surface area contributed by atoms with E-state index < -0.39 is 21.9 Å². The summed E-state index contributed by atoms with van der Waals surface area (Å²) in [4.78, 5) is 26.0. The van der Waals surface area contributed by atoms with Crippen LogP contribution < -0.4 is 19.8 Å². The van der Waals surface area contributed by atoms with Crippen LogP contribution in [0.15, 0.2) is 45.6 Å². The van der Waals surface area contributed by atoms with Crippen LogP contribution in [-0.2, 0) is 16.6 Å². The van der Waals surface area contributed by atoms with Crippen molar-refractivity contribution in [1.29, 1.82) is 5.26 Å². The molecule has 0 radical (unpaired) electrons. The van der Waals surface area contributed by atoms with Gasteiger partial charge >= 0.3 is 11.7 Å². The van der Waals surface area contributed by atoms with Gasteiger partial charge < -0.3 is 14.1 Å². The minimum atomic E-state index is -3.84. The highest BCUT2D eigenvalue weighted by molar-refractivity contribution is 14.1. The van der Waals surface area contributed by atoms with Gasteiger partial charge in [0.05, 0.1) is 15.3 Å². The van der Waals surface area contributed by atoms with Crippen molar-refractivity contribution in [2.75, 3.05) is 25.4 Å². The number of nitrogens with zero attached hydrogens (tertiary/aromatic N) is 2. The number of benzene rings is 2. The van der Waals surface area contributed by atoms with Gasteiger partial charge in [0.15, 0.2) is 0 Å². The quantitative estimate of drug-likeness (QED) is 0.226. The topological polar surface area (TPSA) is 142 Å². The first kappa shape index (κ1) is 26.5.